The number of hydrogen-bond acceptors (Lipinski definition) is 3. The number of carbonyl (C=O) groups is 1. The normalized spacial score (nSPS) is 9.92. The third-order valence-electron chi connectivity index (χ3n) is 3.67. The largest absolute Gasteiger partial charge is 0.488 e. The number of nitrogens with one attached hydrogen (secondary N) is 2. The molecule has 0 unspecified atom stereocenters. The summed E-state index contributed by atoms with van der Waals surface area (Å²) in [6.45, 7) is 4.04. The summed E-state index contributed by atoms with van der Waals surface area (Å²) >= 11 is 0. The van der Waals surface area contributed by atoms with Gasteiger partial charge in [0.05, 0.1) is 5.56 Å². The van der Waals surface area contributed by atoms with Gasteiger partial charge in [-0.3, -0.25) is 4.79 Å². The monoisotopic (exact) mass is 348 g/mol. The fourth-order valence-corrected chi connectivity index (χ4v) is 2.27. The van der Waals surface area contributed by atoms with E-state index >= 15 is 0 Å². The second-order valence-electron chi connectivity index (χ2n) is 5.42. The van der Waals surface area contributed by atoms with Crippen molar-refractivity contribution in [1.29, 1.82) is 0 Å². The second kappa shape index (κ2) is 10.7. The Hall–Kier alpha value is -2.04. The van der Waals surface area contributed by atoms with Gasteiger partial charge in [0.25, 0.3) is 5.91 Å². The zero-order valence-electron chi connectivity index (χ0n) is 14.2. The van der Waals surface area contributed by atoms with Crippen LogP contribution in [0.1, 0.15) is 27.9 Å². The molecule has 5 heteroatoms. The Morgan fingerprint density at radius 2 is 1.75 bits per heavy atom. The highest BCUT2D eigenvalue weighted by molar-refractivity contribution is 5.96. The molecule has 24 heavy (non-hydrogen) atoms. The molecule has 2 rings (SSSR count). The molecule has 0 atom stereocenters. The van der Waals surface area contributed by atoms with E-state index in [2.05, 4.69) is 23.6 Å². The Labute approximate surface area is 150 Å². The van der Waals surface area contributed by atoms with Gasteiger partial charge in [0.2, 0.25) is 0 Å². The maximum absolute atomic E-state index is 12.3. The minimum atomic E-state index is -0.0958. The molecule has 0 saturated heterocycles. The minimum Gasteiger partial charge on any atom is -0.488 e. The molecule has 0 saturated carbocycles. The van der Waals surface area contributed by atoms with Crippen LogP contribution in [0.3, 0.4) is 0 Å². The third kappa shape index (κ3) is 5.87. The van der Waals surface area contributed by atoms with Crippen molar-refractivity contribution in [3.63, 3.8) is 0 Å². The molecule has 0 bridgehead atoms. The van der Waals surface area contributed by atoms with Crippen LogP contribution in [0.2, 0.25) is 0 Å². The number of amides is 1. The highest BCUT2D eigenvalue weighted by atomic mass is 35.5. The van der Waals surface area contributed by atoms with Gasteiger partial charge in [0, 0.05) is 6.54 Å². The van der Waals surface area contributed by atoms with Gasteiger partial charge in [-0.1, -0.05) is 36.4 Å². The molecule has 4 nitrogen and oxygen atoms in total. The average molecular weight is 349 g/mol. The Kier molecular flexibility index (Phi) is 8.90. The molecule has 0 radical (unpaired) electrons. The quantitative estimate of drug-likeness (QED) is 0.719. The Balaban J connectivity index is 0.00000288. The summed E-state index contributed by atoms with van der Waals surface area (Å²) in [7, 11) is 1.90. The maximum Gasteiger partial charge on any atom is 0.255 e. The van der Waals surface area contributed by atoms with E-state index in [0.29, 0.717) is 24.5 Å². The van der Waals surface area contributed by atoms with Crippen LogP contribution >= 0.6 is 12.4 Å². The van der Waals surface area contributed by atoms with Gasteiger partial charge in [-0.2, -0.15) is 0 Å². The highest BCUT2D eigenvalue weighted by Crippen LogP contribution is 2.20. The first-order chi connectivity index (χ1) is 11.2. The van der Waals surface area contributed by atoms with Crippen molar-refractivity contribution in [3.05, 3.63) is 65.2 Å². The van der Waals surface area contributed by atoms with Gasteiger partial charge >= 0.3 is 0 Å². The lowest BCUT2D eigenvalue weighted by Gasteiger charge is -2.13. The smallest absolute Gasteiger partial charge is 0.255 e. The predicted octanol–water partition coefficient (Wildman–Crippen LogP) is 3.34. The van der Waals surface area contributed by atoms with E-state index < -0.39 is 0 Å². The summed E-state index contributed by atoms with van der Waals surface area (Å²) in [5, 5.41) is 5.99. The summed E-state index contributed by atoms with van der Waals surface area (Å²) in [6.07, 6.45) is 0.897. The van der Waals surface area contributed by atoms with Crippen LogP contribution < -0.4 is 15.4 Å². The number of benzene rings is 2. The molecule has 2 aromatic carbocycles. The van der Waals surface area contributed by atoms with Crippen LogP contribution in [0.5, 0.6) is 5.75 Å². The highest BCUT2D eigenvalue weighted by Gasteiger charge is 2.11. The number of carbonyl (C=O) groups excluding carboxylic acids is 1. The fraction of sp³-hybridized carbons (Fsp3) is 0.316. The molecule has 0 aliphatic rings. The maximum atomic E-state index is 12.3. The van der Waals surface area contributed by atoms with Gasteiger partial charge in [-0.05, 0) is 50.2 Å². The number of rotatable bonds is 8. The van der Waals surface area contributed by atoms with Crippen molar-refractivity contribution in [2.45, 2.75) is 20.0 Å². The van der Waals surface area contributed by atoms with E-state index in [1.165, 1.54) is 5.56 Å². The molecule has 0 fully saturated rings. The van der Waals surface area contributed by atoms with Crippen LogP contribution in [0.4, 0.5) is 0 Å². The zero-order chi connectivity index (χ0) is 16.5. The van der Waals surface area contributed by atoms with Crippen molar-refractivity contribution < 1.29 is 9.53 Å². The van der Waals surface area contributed by atoms with Crippen LogP contribution in [0.15, 0.2) is 48.5 Å². The van der Waals surface area contributed by atoms with E-state index in [-0.39, 0.29) is 18.3 Å². The molecule has 130 valence electrons. The Bertz CT molecular complexity index is 647. The standard InChI is InChI=1S/C19H24N2O2.ClH/c1-15-8-3-4-9-16(15)14-23-18-11-6-5-10-17(18)19(22)21-13-7-12-20-2;/h3-6,8-11,20H,7,12-14H2,1-2H3,(H,21,22);1H. The molecule has 2 aromatic rings. The van der Waals surface area contributed by atoms with Gasteiger partial charge < -0.3 is 15.4 Å². The molecule has 1 amide bonds. The summed E-state index contributed by atoms with van der Waals surface area (Å²) in [4.78, 5) is 12.3. The molecular weight excluding hydrogens is 324 g/mol. The fourth-order valence-electron chi connectivity index (χ4n) is 2.27. The molecule has 0 heterocycles. The van der Waals surface area contributed by atoms with E-state index in [1.54, 1.807) is 6.07 Å². The van der Waals surface area contributed by atoms with Crippen molar-refractivity contribution in [3.8, 4) is 5.75 Å². The lowest BCUT2D eigenvalue weighted by atomic mass is 10.1. The Morgan fingerprint density at radius 3 is 2.50 bits per heavy atom. The average Bonchev–Trinajstić information content (AvgIpc) is 2.58. The van der Waals surface area contributed by atoms with Crippen LogP contribution in [-0.4, -0.2) is 26.0 Å². The SMILES string of the molecule is CNCCCNC(=O)c1ccccc1OCc1ccccc1C.Cl. The van der Waals surface area contributed by atoms with Crippen molar-refractivity contribution in [1.82, 2.24) is 10.6 Å². The molecular formula is C19H25ClN2O2. The van der Waals surface area contributed by atoms with E-state index in [0.717, 1.165) is 18.5 Å². The van der Waals surface area contributed by atoms with Crippen LogP contribution in [0.25, 0.3) is 0 Å². The van der Waals surface area contributed by atoms with Crippen molar-refractivity contribution in [2.24, 2.45) is 0 Å². The van der Waals surface area contributed by atoms with Gasteiger partial charge in [-0.15, -0.1) is 12.4 Å². The second-order valence-corrected chi connectivity index (χ2v) is 5.42. The number of aryl methyl sites for hydroxylation is 1. The first-order valence-electron chi connectivity index (χ1n) is 7.91. The molecule has 0 aliphatic heterocycles. The molecule has 0 aromatic heterocycles. The van der Waals surface area contributed by atoms with Gasteiger partial charge in [-0.25, -0.2) is 0 Å². The minimum absolute atomic E-state index is 0. The molecule has 0 spiro atoms. The summed E-state index contributed by atoms with van der Waals surface area (Å²) in [6, 6.07) is 15.4. The van der Waals surface area contributed by atoms with Crippen molar-refractivity contribution in [2.75, 3.05) is 20.1 Å². The van der Waals surface area contributed by atoms with Crippen LogP contribution in [-0.2, 0) is 6.61 Å². The number of ether oxygens (including phenoxy) is 1. The number of para-hydroxylation sites is 1. The van der Waals surface area contributed by atoms with Crippen molar-refractivity contribution >= 4 is 18.3 Å². The number of halogens is 1. The van der Waals surface area contributed by atoms with E-state index in [9.17, 15) is 4.79 Å². The summed E-state index contributed by atoms with van der Waals surface area (Å²) in [5.74, 6) is 0.517. The van der Waals surface area contributed by atoms with E-state index in [4.69, 9.17) is 4.74 Å². The van der Waals surface area contributed by atoms with Crippen LogP contribution in [0, 0.1) is 6.92 Å². The topological polar surface area (TPSA) is 50.4 Å². The van der Waals surface area contributed by atoms with Gasteiger partial charge in [0.1, 0.15) is 12.4 Å². The van der Waals surface area contributed by atoms with Gasteiger partial charge in [0.15, 0.2) is 0 Å². The number of hydrogen-bond donors (Lipinski definition) is 2. The first kappa shape index (κ1) is 20.0. The lowest BCUT2D eigenvalue weighted by Crippen LogP contribution is -2.27. The Morgan fingerprint density at radius 1 is 1.04 bits per heavy atom. The molecule has 0 aliphatic carbocycles. The summed E-state index contributed by atoms with van der Waals surface area (Å²) in [5.41, 5.74) is 2.88. The van der Waals surface area contributed by atoms with E-state index in [1.807, 2.05) is 43.4 Å². The predicted molar refractivity (Wildman–Crippen MR) is 100 cm³/mol. The first-order valence-corrected chi connectivity index (χ1v) is 7.91. The lowest BCUT2D eigenvalue weighted by molar-refractivity contribution is 0.0948. The summed E-state index contributed by atoms with van der Waals surface area (Å²) < 4.78 is 5.88. The molecule has 2 N–H and O–H groups in total. The third-order valence-corrected chi connectivity index (χ3v) is 3.67. The zero-order valence-corrected chi connectivity index (χ0v) is 15.0.